The van der Waals surface area contributed by atoms with Gasteiger partial charge in [0.25, 0.3) is 0 Å². The maximum atomic E-state index is 5.32. The van der Waals surface area contributed by atoms with Crippen LogP contribution in [0.15, 0.2) is 134 Å². The lowest BCUT2D eigenvalue weighted by atomic mass is 9.79. The number of benzene rings is 5. The summed E-state index contributed by atoms with van der Waals surface area (Å²) in [6, 6.07) is 36.4. The molecule has 228 valence electrons. The molecule has 0 bridgehead atoms. The van der Waals surface area contributed by atoms with Gasteiger partial charge in [-0.1, -0.05) is 110 Å². The zero-order valence-electron chi connectivity index (χ0n) is 27.7. The van der Waals surface area contributed by atoms with Crippen LogP contribution in [0.2, 0.25) is 0 Å². The van der Waals surface area contributed by atoms with Gasteiger partial charge in [0, 0.05) is 27.9 Å². The summed E-state index contributed by atoms with van der Waals surface area (Å²) in [5, 5.41) is 5.92. The smallest absolute Gasteiger partial charge is 0.0787 e. The third kappa shape index (κ3) is 5.07. The van der Waals surface area contributed by atoms with Gasteiger partial charge >= 0.3 is 0 Å². The van der Waals surface area contributed by atoms with Crippen molar-refractivity contribution in [3.05, 3.63) is 168 Å². The number of rotatable bonds is 6. The molecule has 0 N–H and O–H groups in total. The highest BCUT2D eigenvalue weighted by Gasteiger charge is 2.25. The van der Waals surface area contributed by atoms with Crippen LogP contribution in [0.5, 0.6) is 0 Å². The summed E-state index contributed by atoms with van der Waals surface area (Å²) < 4.78 is 0. The van der Waals surface area contributed by atoms with Crippen molar-refractivity contribution in [3.63, 3.8) is 0 Å². The molecule has 47 heavy (non-hydrogen) atoms. The topological polar surface area (TPSA) is 25.8 Å². The first-order valence-electron chi connectivity index (χ1n) is 16.3. The Labute approximate surface area is 277 Å². The minimum Gasteiger partial charge on any atom is -0.256 e. The van der Waals surface area contributed by atoms with Gasteiger partial charge in [0.1, 0.15) is 0 Å². The molecular formula is C45H38N2. The number of hydrogen-bond acceptors (Lipinski definition) is 2. The molecule has 0 unspecified atom stereocenters. The molecule has 2 aromatic heterocycles. The fourth-order valence-corrected chi connectivity index (χ4v) is 7.23. The van der Waals surface area contributed by atoms with Gasteiger partial charge in [-0.05, 0) is 114 Å². The van der Waals surface area contributed by atoms with E-state index in [2.05, 4.69) is 156 Å². The molecule has 0 spiro atoms. The second-order valence-electron chi connectivity index (χ2n) is 12.2. The van der Waals surface area contributed by atoms with Gasteiger partial charge in [-0.25, -0.2) is 4.98 Å². The van der Waals surface area contributed by atoms with Crippen LogP contribution in [0.3, 0.4) is 0 Å². The molecular weight excluding hydrogens is 569 g/mol. The second-order valence-corrected chi connectivity index (χ2v) is 12.2. The lowest BCUT2D eigenvalue weighted by Gasteiger charge is -2.25. The summed E-state index contributed by atoms with van der Waals surface area (Å²) in [5.41, 5.74) is 14.5. The number of aromatic nitrogens is 2. The minimum atomic E-state index is 0.994. The Morgan fingerprint density at radius 1 is 0.723 bits per heavy atom. The van der Waals surface area contributed by atoms with E-state index in [0.29, 0.717) is 0 Å². The first-order chi connectivity index (χ1) is 22.9. The van der Waals surface area contributed by atoms with E-state index in [4.69, 9.17) is 16.5 Å². The Kier molecular flexibility index (Phi) is 7.87. The van der Waals surface area contributed by atoms with Crippen molar-refractivity contribution in [2.24, 2.45) is 0 Å². The van der Waals surface area contributed by atoms with E-state index in [9.17, 15) is 0 Å². The van der Waals surface area contributed by atoms with Crippen molar-refractivity contribution in [3.8, 4) is 22.4 Å². The monoisotopic (exact) mass is 606 g/mol. The summed E-state index contributed by atoms with van der Waals surface area (Å²) in [7, 11) is 0. The molecule has 0 aliphatic carbocycles. The predicted molar refractivity (Wildman–Crippen MR) is 203 cm³/mol. The zero-order valence-corrected chi connectivity index (χ0v) is 27.7. The van der Waals surface area contributed by atoms with Crippen molar-refractivity contribution in [2.45, 2.75) is 34.6 Å². The van der Waals surface area contributed by atoms with Crippen LogP contribution in [0, 0.1) is 20.8 Å². The molecule has 7 rings (SSSR count). The van der Waals surface area contributed by atoms with Gasteiger partial charge in [0.2, 0.25) is 0 Å². The van der Waals surface area contributed by atoms with E-state index in [1.54, 1.807) is 0 Å². The predicted octanol–water partition coefficient (Wildman–Crippen LogP) is 12.2. The number of nitrogens with zero attached hydrogens (tertiary/aromatic N) is 2. The Bertz CT molecular complexity index is 2400. The fraction of sp³-hybridized carbons (Fsp3) is 0.111. The van der Waals surface area contributed by atoms with Gasteiger partial charge in [-0.3, -0.25) is 4.98 Å². The maximum Gasteiger partial charge on any atom is 0.0787 e. The molecule has 0 aliphatic heterocycles. The SMILES string of the molecule is C=C(c1ccccc1)c1c(-c2ccc(-c3nccc4ccccc34)cc2C)c(C)c2c(C(/C=C\C)=C/C)nc3ccccc3c2c1C. The first kappa shape index (κ1) is 30.1. The molecule has 2 heteroatoms. The van der Waals surface area contributed by atoms with E-state index in [1.807, 2.05) is 6.20 Å². The quantitative estimate of drug-likeness (QED) is 0.139. The molecule has 5 aromatic carbocycles. The second kappa shape index (κ2) is 12.3. The number of para-hydroxylation sites is 1. The molecule has 0 saturated carbocycles. The molecule has 0 fully saturated rings. The van der Waals surface area contributed by atoms with E-state index in [0.717, 1.165) is 50.0 Å². The average molecular weight is 607 g/mol. The van der Waals surface area contributed by atoms with Crippen LogP contribution in [0.4, 0.5) is 0 Å². The molecule has 0 saturated heterocycles. The summed E-state index contributed by atoms with van der Waals surface area (Å²) in [4.78, 5) is 10.1. The van der Waals surface area contributed by atoms with E-state index >= 15 is 0 Å². The van der Waals surface area contributed by atoms with Gasteiger partial charge in [-0.15, -0.1) is 0 Å². The van der Waals surface area contributed by atoms with Crippen molar-refractivity contribution < 1.29 is 0 Å². The number of allylic oxidation sites excluding steroid dienone is 4. The minimum absolute atomic E-state index is 0.994. The van der Waals surface area contributed by atoms with Crippen LogP contribution in [-0.2, 0) is 0 Å². The van der Waals surface area contributed by atoms with Crippen LogP contribution in [0.25, 0.3) is 66.0 Å². The Hall–Kier alpha value is -5.60. The molecule has 0 radical (unpaired) electrons. The highest BCUT2D eigenvalue weighted by atomic mass is 14.7. The van der Waals surface area contributed by atoms with E-state index < -0.39 is 0 Å². The van der Waals surface area contributed by atoms with Crippen molar-refractivity contribution in [1.82, 2.24) is 9.97 Å². The number of pyridine rings is 2. The van der Waals surface area contributed by atoms with Crippen LogP contribution < -0.4 is 0 Å². The summed E-state index contributed by atoms with van der Waals surface area (Å²) in [6.07, 6.45) is 8.33. The number of fused-ring (bicyclic) bond motifs is 4. The molecule has 2 nitrogen and oxygen atoms in total. The first-order valence-corrected chi connectivity index (χ1v) is 16.3. The molecule has 0 amide bonds. The van der Waals surface area contributed by atoms with Crippen LogP contribution in [-0.4, -0.2) is 9.97 Å². The van der Waals surface area contributed by atoms with E-state index in [1.165, 1.54) is 49.5 Å². The highest BCUT2D eigenvalue weighted by molar-refractivity contribution is 6.16. The summed E-state index contributed by atoms with van der Waals surface area (Å²) >= 11 is 0. The van der Waals surface area contributed by atoms with Crippen molar-refractivity contribution in [1.29, 1.82) is 0 Å². The summed E-state index contributed by atoms with van der Waals surface area (Å²) in [6.45, 7) is 15.7. The Morgan fingerprint density at radius 2 is 1.45 bits per heavy atom. The van der Waals surface area contributed by atoms with Gasteiger partial charge in [0.15, 0.2) is 0 Å². The van der Waals surface area contributed by atoms with Gasteiger partial charge in [0.05, 0.1) is 16.9 Å². The van der Waals surface area contributed by atoms with Crippen LogP contribution >= 0.6 is 0 Å². The maximum absolute atomic E-state index is 5.32. The lowest BCUT2D eigenvalue weighted by Crippen LogP contribution is -2.04. The largest absolute Gasteiger partial charge is 0.256 e. The molecule has 7 aromatic rings. The number of aryl methyl sites for hydroxylation is 3. The standard InChI is InChI=1S/C45H38N2/c1-7-16-32(8-2)45-43-31(6)41(36-24-23-35(27-28(36)3)44-37-20-13-12-19-34(37)25-26-46-44)40(29(4)33-17-10-9-11-18-33)30(5)42(43)38-21-14-15-22-39(38)47-45/h7-27H,4H2,1-3,5-6H3/b16-7-,32-8+. The molecule has 2 heterocycles. The molecule has 0 aliphatic rings. The highest BCUT2D eigenvalue weighted by Crippen LogP contribution is 2.46. The van der Waals surface area contributed by atoms with E-state index in [-0.39, 0.29) is 0 Å². The number of hydrogen-bond donors (Lipinski definition) is 0. The average Bonchev–Trinajstić information content (AvgIpc) is 3.11. The lowest BCUT2D eigenvalue weighted by molar-refractivity contribution is 1.32. The molecule has 0 atom stereocenters. The van der Waals surface area contributed by atoms with Gasteiger partial charge in [-0.2, -0.15) is 0 Å². The zero-order chi connectivity index (χ0) is 32.7. The Balaban J connectivity index is 1.59. The normalized spacial score (nSPS) is 12.1. The Morgan fingerprint density at radius 3 is 2.19 bits per heavy atom. The summed E-state index contributed by atoms with van der Waals surface area (Å²) in [5.74, 6) is 0. The van der Waals surface area contributed by atoms with Crippen LogP contribution in [0.1, 0.15) is 47.4 Å². The van der Waals surface area contributed by atoms with Gasteiger partial charge < -0.3 is 0 Å². The fourth-order valence-electron chi connectivity index (χ4n) is 7.23. The van der Waals surface area contributed by atoms with Crippen molar-refractivity contribution in [2.75, 3.05) is 0 Å². The third-order valence-corrected chi connectivity index (χ3v) is 9.44. The third-order valence-electron chi connectivity index (χ3n) is 9.44. The van der Waals surface area contributed by atoms with Crippen molar-refractivity contribution >= 4 is 43.6 Å².